The number of hydrogen-bond donors (Lipinski definition) is 1. The Morgan fingerprint density at radius 2 is 1.74 bits per heavy atom. The number of carbonyl (C=O) groups excluding carboxylic acids is 2. The minimum atomic E-state index is -0.332. The Morgan fingerprint density at radius 3 is 2.43 bits per heavy atom. The number of carbonyl (C=O) groups is 2. The van der Waals surface area contributed by atoms with Crippen LogP contribution in [0.15, 0.2) is 12.1 Å². The summed E-state index contributed by atoms with van der Waals surface area (Å²) in [5.41, 5.74) is 0. The fourth-order valence-corrected chi connectivity index (χ4v) is 2.83. The lowest BCUT2D eigenvalue weighted by atomic mass is 10.3. The summed E-state index contributed by atoms with van der Waals surface area (Å²) in [6.07, 6.45) is 2.39. The Labute approximate surface area is 149 Å². The van der Waals surface area contributed by atoms with Crippen LogP contribution in [-0.4, -0.2) is 43.0 Å². The maximum atomic E-state index is 11.8. The molecule has 23 heavy (non-hydrogen) atoms. The van der Waals surface area contributed by atoms with Gasteiger partial charge in [0.25, 0.3) is 5.91 Å². The molecule has 1 heterocycles. The number of benzene rings is 1. The summed E-state index contributed by atoms with van der Waals surface area (Å²) in [6.45, 7) is 1.69. The smallest absolute Gasteiger partial charge is 0.257 e. The predicted molar refractivity (Wildman–Crippen MR) is 90.4 cm³/mol. The summed E-state index contributed by atoms with van der Waals surface area (Å²) < 4.78 is 5.31. The van der Waals surface area contributed by atoms with Crippen molar-refractivity contribution in [3.8, 4) is 5.75 Å². The van der Waals surface area contributed by atoms with Gasteiger partial charge < -0.3 is 15.0 Å². The molecule has 1 aliphatic heterocycles. The zero-order valence-corrected chi connectivity index (χ0v) is 14.7. The molecule has 2 rings (SSSR count). The highest BCUT2D eigenvalue weighted by molar-refractivity contribution is 6.43. The van der Waals surface area contributed by atoms with Gasteiger partial charge in [0, 0.05) is 32.1 Å². The lowest BCUT2D eigenvalue weighted by molar-refractivity contribution is -0.130. The quantitative estimate of drug-likeness (QED) is 0.772. The van der Waals surface area contributed by atoms with Crippen molar-refractivity contribution in [2.24, 2.45) is 0 Å². The van der Waals surface area contributed by atoms with E-state index in [9.17, 15) is 9.59 Å². The normalized spacial score (nSPS) is 14.0. The van der Waals surface area contributed by atoms with Crippen LogP contribution in [-0.2, 0) is 9.59 Å². The molecule has 1 aromatic rings. The molecular formula is C15H17Cl3N2O3. The molecule has 0 saturated carbocycles. The first-order chi connectivity index (χ1) is 11.0. The Balaban J connectivity index is 1.71. The standard InChI is InChI=1S/C15H17Cl3N2O3/c16-10-7-12(18)13(8-11(10)17)23-9-14(21)19-4-3-15(22)20-5-1-2-6-20/h7-8H,1-6,9H2,(H,19,21). The van der Waals surface area contributed by atoms with Gasteiger partial charge in [-0.15, -0.1) is 0 Å². The molecule has 0 bridgehead atoms. The molecule has 0 aliphatic carbocycles. The van der Waals surface area contributed by atoms with E-state index in [1.165, 1.54) is 12.1 Å². The van der Waals surface area contributed by atoms with Crippen LogP contribution in [0.1, 0.15) is 19.3 Å². The molecule has 2 amide bonds. The van der Waals surface area contributed by atoms with Crippen LogP contribution >= 0.6 is 34.8 Å². The van der Waals surface area contributed by atoms with E-state index < -0.39 is 0 Å². The van der Waals surface area contributed by atoms with Gasteiger partial charge in [0.05, 0.1) is 15.1 Å². The minimum absolute atomic E-state index is 0.0660. The number of nitrogens with zero attached hydrogens (tertiary/aromatic N) is 1. The van der Waals surface area contributed by atoms with Gasteiger partial charge in [0.1, 0.15) is 5.75 Å². The van der Waals surface area contributed by atoms with E-state index in [1.807, 2.05) is 4.90 Å². The zero-order valence-electron chi connectivity index (χ0n) is 12.4. The summed E-state index contributed by atoms with van der Waals surface area (Å²) in [4.78, 5) is 25.4. The van der Waals surface area contributed by atoms with Crippen LogP contribution in [0.3, 0.4) is 0 Å². The minimum Gasteiger partial charge on any atom is -0.482 e. The number of halogens is 3. The van der Waals surface area contributed by atoms with Crippen molar-refractivity contribution in [3.05, 3.63) is 27.2 Å². The topological polar surface area (TPSA) is 58.6 Å². The maximum absolute atomic E-state index is 11.8. The molecule has 0 aromatic heterocycles. The van der Waals surface area contributed by atoms with Crippen LogP contribution in [0.5, 0.6) is 5.75 Å². The van der Waals surface area contributed by atoms with Crippen molar-refractivity contribution in [1.29, 1.82) is 0 Å². The molecule has 8 heteroatoms. The third kappa shape index (κ3) is 5.44. The molecule has 0 unspecified atom stereocenters. The highest BCUT2D eigenvalue weighted by atomic mass is 35.5. The molecule has 126 valence electrons. The van der Waals surface area contributed by atoms with E-state index in [-0.39, 0.29) is 35.7 Å². The molecule has 5 nitrogen and oxygen atoms in total. The maximum Gasteiger partial charge on any atom is 0.257 e. The summed E-state index contributed by atoms with van der Waals surface area (Å²) in [6, 6.07) is 2.91. The van der Waals surface area contributed by atoms with Crippen LogP contribution in [0.25, 0.3) is 0 Å². The van der Waals surface area contributed by atoms with Crippen molar-refractivity contribution in [2.45, 2.75) is 19.3 Å². The molecule has 1 fully saturated rings. The van der Waals surface area contributed by atoms with Crippen molar-refractivity contribution < 1.29 is 14.3 Å². The van der Waals surface area contributed by atoms with Gasteiger partial charge in [0.2, 0.25) is 5.91 Å². The third-order valence-electron chi connectivity index (χ3n) is 3.45. The van der Waals surface area contributed by atoms with Gasteiger partial charge in [-0.2, -0.15) is 0 Å². The molecule has 0 atom stereocenters. The average molecular weight is 380 g/mol. The molecule has 0 spiro atoms. The second-order valence-electron chi connectivity index (χ2n) is 5.17. The molecule has 0 radical (unpaired) electrons. The highest BCUT2D eigenvalue weighted by Gasteiger charge is 2.17. The molecule has 1 N–H and O–H groups in total. The summed E-state index contributed by atoms with van der Waals surface area (Å²) >= 11 is 17.6. The van der Waals surface area contributed by atoms with Gasteiger partial charge in [-0.25, -0.2) is 0 Å². The lowest BCUT2D eigenvalue weighted by Crippen LogP contribution is -2.34. The first kappa shape index (κ1) is 18.2. The largest absolute Gasteiger partial charge is 0.482 e. The Kier molecular flexibility index (Phi) is 6.81. The zero-order chi connectivity index (χ0) is 16.8. The summed E-state index contributed by atoms with van der Waals surface area (Å²) in [5, 5.41) is 3.52. The van der Waals surface area contributed by atoms with E-state index in [0.717, 1.165) is 25.9 Å². The summed E-state index contributed by atoms with van der Waals surface area (Å²) in [5.74, 6) is 0.0157. The van der Waals surface area contributed by atoms with Crippen molar-refractivity contribution in [1.82, 2.24) is 10.2 Å². The fraction of sp³-hybridized carbons (Fsp3) is 0.467. The van der Waals surface area contributed by atoms with Gasteiger partial charge in [-0.3, -0.25) is 9.59 Å². The van der Waals surface area contributed by atoms with E-state index in [2.05, 4.69) is 5.32 Å². The SMILES string of the molecule is O=C(COc1cc(Cl)c(Cl)cc1Cl)NCCC(=O)N1CCCC1. The monoisotopic (exact) mass is 378 g/mol. The average Bonchev–Trinajstić information content (AvgIpc) is 3.04. The number of amides is 2. The lowest BCUT2D eigenvalue weighted by Gasteiger charge is -2.15. The molecule has 1 aliphatic rings. The van der Waals surface area contributed by atoms with Crippen LogP contribution in [0, 0.1) is 0 Å². The highest BCUT2D eigenvalue weighted by Crippen LogP contribution is 2.33. The van der Waals surface area contributed by atoms with Gasteiger partial charge in [-0.1, -0.05) is 34.8 Å². The number of ether oxygens (including phenoxy) is 1. The Bertz CT molecular complexity index is 590. The second kappa shape index (κ2) is 8.62. The fourth-order valence-electron chi connectivity index (χ4n) is 2.24. The van der Waals surface area contributed by atoms with Gasteiger partial charge >= 0.3 is 0 Å². The van der Waals surface area contributed by atoms with Crippen molar-refractivity contribution >= 4 is 46.6 Å². The molecular weight excluding hydrogens is 363 g/mol. The number of likely N-dealkylation sites (tertiary alicyclic amines) is 1. The van der Waals surface area contributed by atoms with Crippen molar-refractivity contribution in [2.75, 3.05) is 26.2 Å². The van der Waals surface area contributed by atoms with Crippen LogP contribution in [0.4, 0.5) is 0 Å². The second-order valence-corrected chi connectivity index (χ2v) is 6.39. The van der Waals surface area contributed by atoms with E-state index >= 15 is 0 Å². The Hall–Kier alpha value is -1.17. The van der Waals surface area contributed by atoms with Crippen molar-refractivity contribution in [3.63, 3.8) is 0 Å². The van der Waals surface area contributed by atoms with E-state index in [1.54, 1.807) is 0 Å². The third-order valence-corrected chi connectivity index (χ3v) is 4.47. The molecule has 1 aromatic carbocycles. The van der Waals surface area contributed by atoms with Gasteiger partial charge in [0.15, 0.2) is 6.61 Å². The van der Waals surface area contributed by atoms with E-state index in [0.29, 0.717) is 16.5 Å². The number of rotatable bonds is 6. The predicted octanol–water partition coefficient (Wildman–Crippen LogP) is 3.15. The van der Waals surface area contributed by atoms with Crippen LogP contribution < -0.4 is 10.1 Å². The Morgan fingerprint density at radius 1 is 1.09 bits per heavy atom. The van der Waals surface area contributed by atoms with Crippen LogP contribution in [0.2, 0.25) is 15.1 Å². The van der Waals surface area contributed by atoms with Gasteiger partial charge in [-0.05, 0) is 18.9 Å². The molecule has 1 saturated heterocycles. The summed E-state index contributed by atoms with van der Waals surface area (Å²) in [7, 11) is 0. The first-order valence-corrected chi connectivity index (χ1v) is 8.42. The first-order valence-electron chi connectivity index (χ1n) is 7.29. The number of nitrogens with one attached hydrogen (secondary N) is 1. The van der Waals surface area contributed by atoms with E-state index in [4.69, 9.17) is 39.5 Å². The number of hydrogen-bond acceptors (Lipinski definition) is 3.